The first-order chi connectivity index (χ1) is 11.2. The fourth-order valence-electron chi connectivity index (χ4n) is 1.94. The summed E-state index contributed by atoms with van der Waals surface area (Å²) in [7, 11) is 0. The van der Waals surface area contributed by atoms with Crippen molar-refractivity contribution in [2.75, 3.05) is 11.9 Å². The minimum atomic E-state index is -0.376. The van der Waals surface area contributed by atoms with Gasteiger partial charge in [0.1, 0.15) is 11.4 Å². The molecular formula is C15H14N4O3S. The molecule has 0 fully saturated rings. The molecule has 3 aromatic rings. The molecule has 3 rings (SSSR count). The molecule has 0 spiro atoms. The molecule has 1 amide bonds. The molecule has 0 unspecified atom stereocenters. The summed E-state index contributed by atoms with van der Waals surface area (Å²) >= 11 is 1.48. The lowest BCUT2D eigenvalue weighted by molar-refractivity contribution is 0.102. The van der Waals surface area contributed by atoms with Gasteiger partial charge in [-0.3, -0.25) is 10.1 Å². The number of amides is 1. The first-order valence-corrected chi connectivity index (χ1v) is 7.84. The van der Waals surface area contributed by atoms with Crippen molar-refractivity contribution in [2.45, 2.75) is 13.8 Å². The Bertz CT molecular complexity index is 828. The molecule has 0 aliphatic rings. The van der Waals surface area contributed by atoms with Gasteiger partial charge >= 0.3 is 6.01 Å². The number of ether oxygens (including phenoxy) is 1. The maximum atomic E-state index is 12.3. The van der Waals surface area contributed by atoms with Crippen LogP contribution < -0.4 is 10.1 Å². The van der Waals surface area contributed by atoms with Crippen molar-refractivity contribution >= 4 is 23.3 Å². The van der Waals surface area contributed by atoms with Crippen LogP contribution in [0.15, 0.2) is 34.1 Å². The number of para-hydroxylation sites is 1. The predicted molar refractivity (Wildman–Crippen MR) is 85.7 cm³/mol. The maximum Gasteiger partial charge on any atom is 0.322 e. The number of thiazole rings is 1. The summed E-state index contributed by atoms with van der Waals surface area (Å²) in [4.78, 5) is 16.6. The molecule has 118 valence electrons. The fraction of sp³-hybridized carbons (Fsp3) is 0.200. The number of carbonyl (C=O) groups excluding carboxylic acids is 1. The molecule has 0 saturated carbocycles. The molecule has 1 aromatic carbocycles. The Labute approximate surface area is 136 Å². The fourth-order valence-corrected chi connectivity index (χ4v) is 2.53. The summed E-state index contributed by atoms with van der Waals surface area (Å²) < 4.78 is 10.9. The van der Waals surface area contributed by atoms with Crippen LogP contribution in [-0.4, -0.2) is 27.7 Å². The summed E-state index contributed by atoms with van der Waals surface area (Å²) in [5, 5.41) is 13.0. The van der Waals surface area contributed by atoms with Gasteiger partial charge in [0.25, 0.3) is 11.8 Å². The quantitative estimate of drug-likeness (QED) is 0.773. The van der Waals surface area contributed by atoms with Crippen LogP contribution in [-0.2, 0) is 0 Å². The lowest BCUT2D eigenvalue weighted by Gasteiger charge is -2.08. The van der Waals surface area contributed by atoms with Crippen molar-refractivity contribution in [3.8, 4) is 17.3 Å². The largest absolute Gasteiger partial charge is 0.493 e. The Morgan fingerprint density at radius 1 is 1.35 bits per heavy atom. The van der Waals surface area contributed by atoms with Gasteiger partial charge in [0.05, 0.1) is 17.2 Å². The summed E-state index contributed by atoms with van der Waals surface area (Å²) in [5.74, 6) is 0.392. The summed E-state index contributed by atoms with van der Waals surface area (Å²) in [6.45, 7) is 4.21. The Morgan fingerprint density at radius 2 is 2.17 bits per heavy atom. The van der Waals surface area contributed by atoms with E-state index < -0.39 is 0 Å². The van der Waals surface area contributed by atoms with E-state index in [-0.39, 0.29) is 17.8 Å². The van der Waals surface area contributed by atoms with Gasteiger partial charge in [-0.15, -0.1) is 16.4 Å². The highest BCUT2D eigenvalue weighted by molar-refractivity contribution is 7.09. The van der Waals surface area contributed by atoms with E-state index in [2.05, 4.69) is 20.5 Å². The van der Waals surface area contributed by atoms with Gasteiger partial charge in [-0.2, -0.15) is 0 Å². The average Bonchev–Trinajstić information content (AvgIpc) is 3.17. The zero-order chi connectivity index (χ0) is 16.2. The zero-order valence-electron chi connectivity index (χ0n) is 12.6. The van der Waals surface area contributed by atoms with Crippen LogP contribution in [0.3, 0.4) is 0 Å². The van der Waals surface area contributed by atoms with E-state index in [9.17, 15) is 4.79 Å². The van der Waals surface area contributed by atoms with E-state index in [4.69, 9.17) is 9.15 Å². The van der Waals surface area contributed by atoms with Gasteiger partial charge in [0, 0.05) is 5.38 Å². The van der Waals surface area contributed by atoms with Crippen molar-refractivity contribution in [2.24, 2.45) is 0 Å². The Balaban J connectivity index is 1.77. The average molecular weight is 330 g/mol. The number of aromatic nitrogens is 3. The monoisotopic (exact) mass is 330 g/mol. The van der Waals surface area contributed by atoms with Crippen molar-refractivity contribution < 1.29 is 13.9 Å². The minimum Gasteiger partial charge on any atom is -0.493 e. The SMILES string of the molecule is CCOc1ccccc1C(=O)Nc1nnc(-c2csc(C)n2)o1. The maximum absolute atomic E-state index is 12.3. The molecule has 0 aliphatic carbocycles. The normalized spacial score (nSPS) is 10.5. The number of hydrogen-bond acceptors (Lipinski definition) is 7. The van der Waals surface area contributed by atoms with Gasteiger partial charge in [-0.05, 0) is 26.0 Å². The highest BCUT2D eigenvalue weighted by Gasteiger charge is 2.16. The van der Waals surface area contributed by atoms with Gasteiger partial charge in [-0.1, -0.05) is 17.2 Å². The van der Waals surface area contributed by atoms with Crippen LogP contribution >= 0.6 is 11.3 Å². The lowest BCUT2D eigenvalue weighted by atomic mass is 10.2. The van der Waals surface area contributed by atoms with E-state index >= 15 is 0 Å². The minimum absolute atomic E-state index is 0.0157. The zero-order valence-corrected chi connectivity index (χ0v) is 13.4. The van der Waals surface area contributed by atoms with Crippen molar-refractivity contribution in [1.29, 1.82) is 0 Å². The number of carbonyl (C=O) groups is 1. The second-order valence-corrected chi connectivity index (χ2v) is 5.61. The predicted octanol–water partition coefficient (Wildman–Crippen LogP) is 3.15. The van der Waals surface area contributed by atoms with Crippen LogP contribution in [0.2, 0.25) is 0 Å². The molecule has 2 heterocycles. The number of nitrogens with zero attached hydrogens (tertiary/aromatic N) is 3. The van der Waals surface area contributed by atoms with Crippen molar-refractivity contribution in [3.05, 3.63) is 40.2 Å². The van der Waals surface area contributed by atoms with Crippen molar-refractivity contribution in [1.82, 2.24) is 15.2 Å². The first kappa shape index (κ1) is 15.2. The Hall–Kier alpha value is -2.74. The third-order valence-corrected chi connectivity index (χ3v) is 3.69. The summed E-state index contributed by atoms with van der Waals surface area (Å²) in [6.07, 6.45) is 0. The van der Waals surface area contributed by atoms with E-state index in [1.807, 2.05) is 19.2 Å². The second kappa shape index (κ2) is 6.57. The molecule has 0 radical (unpaired) electrons. The number of nitrogens with one attached hydrogen (secondary N) is 1. The number of benzene rings is 1. The number of anilines is 1. The number of hydrogen-bond donors (Lipinski definition) is 1. The molecule has 8 heteroatoms. The molecule has 23 heavy (non-hydrogen) atoms. The first-order valence-electron chi connectivity index (χ1n) is 6.96. The third-order valence-electron chi connectivity index (χ3n) is 2.92. The highest BCUT2D eigenvalue weighted by atomic mass is 32.1. The summed E-state index contributed by atoms with van der Waals surface area (Å²) in [5.41, 5.74) is 0.994. The van der Waals surface area contributed by atoms with Crippen LogP contribution in [0.1, 0.15) is 22.3 Å². The summed E-state index contributed by atoms with van der Waals surface area (Å²) in [6, 6.07) is 6.98. The van der Waals surface area contributed by atoms with Crippen molar-refractivity contribution in [3.63, 3.8) is 0 Å². The van der Waals surface area contributed by atoms with E-state index in [0.29, 0.717) is 23.6 Å². The third kappa shape index (κ3) is 3.37. The van der Waals surface area contributed by atoms with Gasteiger partial charge in [0.2, 0.25) is 0 Å². The smallest absolute Gasteiger partial charge is 0.322 e. The van der Waals surface area contributed by atoms with E-state index in [0.717, 1.165) is 5.01 Å². The number of aryl methyl sites for hydroxylation is 1. The molecule has 0 aliphatic heterocycles. The van der Waals surface area contributed by atoms with Crippen LogP contribution in [0.25, 0.3) is 11.6 Å². The standard InChI is InChI=1S/C15H14N4O3S/c1-3-21-12-7-5-4-6-10(12)13(20)17-15-19-18-14(22-15)11-8-23-9(2)16-11/h4-8H,3H2,1-2H3,(H,17,19,20). The van der Waals surface area contributed by atoms with Gasteiger partial charge < -0.3 is 9.15 Å². The van der Waals surface area contributed by atoms with Gasteiger partial charge in [0.15, 0.2) is 0 Å². The van der Waals surface area contributed by atoms with Crippen LogP contribution in [0.5, 0.6) is 5.75 Å². The number of rotatable bonds is 5. The molecule has 0 bridgehead atoms. The Morgan fingerprint density at radius 3 is 2.91 bits per heavy atom. The van der Waals surface area contributed by atoms with E-state index in [1.165, 1.54) is 11.3 Å². The van der Waals surface area contributed by atoms with Gasteiger partial charge in [-0.25, -0.2) is 4.98 Å². The van der Waals surface area contributed by atoms with Crippen LogP contribution in [0.4, 0.5) is 6.01 Å². The van der Waals surface area contributed by atoms with Crippen LogP contribution in [0, 0.1) is 6.92 Å². The lowest BCUT2D eigenvalue weighted by Crippen LogP contribution is -2.13. The topological polar surface area (TPSA) is 90.1 Å². The second-order valence-electron chi connectivity index (χ2n) is 4.55. The molecule has 0 atom stereocenters. The highest BCUT2D eigenvalue weighted by Crippen LogP contribution is 2.23. The Kier molecular flexibility index (Phi) is 4.33. The molecule has 1 N–H and O–H groups in total. The molecular weight excluding hydrogens is 316 g/mol. The van der Waals surface area contributed by atoms with E-state index in [1.54, 1.807) is 24.3 Å². The molecule has 2 aromatic heterocycles. The molecule has 7 nitrogen and oxygen atoms in total. The molecule has 0 saturated heterocycles.